The van der Waals surface area contributed by atoms with Crippen LogP contribution >= 0.6 is 11.5 Å². The quantitative estimate of drug-likeness (QED) is 0.856. The number of methoxy groups -OCH3 is 1. The van der Waals surface area contributed by atoms with Crippen LogP contribution in [-0.2, 0) is 9.53 Å². The van der Waals surface area contributed by atoms with Crippen LogP contribution in [0.1, 0.15) is 17.4 Å². The Morgan fingerprint density at radius 3 is 2.67 bits per heavy atom. The lowest BCUT2D eigenvalue weighted by Crippen LogP contribution is -2.22. The number of anilines is 1. The first kappa shape index (κ1) is 12.5. The molecular weight excluding hydrogens is 250 g/mol. The summed E-state index contributed by atoms with van der Waals surface area (Å²) < 4.78 is 8.87. The summed E-state index contributed by atoms with van der Waals surface area (Å²) >= 11 is 1.22. The highest BCUT2D eigenvalue weighted by molar-refractivity contribution is 7.09. The Labute approximate surface area is 109 Å². The van der Waals surface area contributed by atoms with Crippen LogP contribution < -0.4 is 5.32 Å². The molecule has 2 aromatic rings. The molecule has 1 aromatic heterocycles. The molecule has 0 aliphatic heterocycles. The van der Waals surface area contributed by atoms with Gasteiger partial charge in [-0.05, 0) is 12.5 Å². The molecule has 18 heavy (non-hydrogen) atoms. The number of carbonyl (C=O) groups excluding carboxylic acids is 1. The zero-order chi connectivity index (χ0) is 13.0. The van der Waals surface area contributed by atoms with E-state index >= 15 is 0 Å². The average molecular weight is 263 g/mol. The standard InChI is InChI=1S/C12H13N3O2S/c1-8-13-12(18-15-8)14-10(11(16)17-2)9-6-4-3-5-7-9/h3-7,10H,1-2H3,(H,13,14,15). The highest BCUT2D eigenvalue weighted by atomic mass is 32.1. The second-order valence-corrected chi connectivity index (χ2v) is 4.41. The zero-order valence-corrected chi connectivity index (χ0v) is 10.9. The van der Waals surface area contributed by atoms with E-state index in [2.05, 4.69) is 14.7 Å². The Balaban J connectivity index is 2.24. The fourth-order valence-corrected chi connectivity index (χ4v) is 2.12. The largest absolute Gasteiger partial charge is 0.467 e. The molecule has 1 unspecified atom stereocenters. The number of ether oxygens (including phenoxy) is 1. The highest BCUT2D eigenvalue weighted by Crippen LogP contribution is 2.21. The van der Waals surface area contributed by atoms with Gasteiger partial charge in [-0.25, -0.2) is 9.78 Å². The smallest absolute Gasteiger partial charge is 0.333 e. The van der Waals surface area contributed by atoms with Crippen molar-refractivity contribution in [2.24, 2.45) is 0 Å². The van der Waals surface area contributed by atoms with Crippen LogP contribution in [0.25, 0.3) is 0 Å². The Kier molecular flexibility index (Phi) is 3.88. The van der Waals surface area contributed by atoms with E-state index in [9.17, 15) is 4.79 Å². The summed E-state index contributed by atoms with van der Waals surface area (Å²) in [7, 11) is 1.37. The van der Waals surface area contributed by atoms with Gasteiger partial charge in [0.25, 0.3) is 0 Å². The first-order valence-electron chi connectivity index (χ1n) is 5.40. The molecule has 0 bridgehead atoms. The second-order valence-electron chi connectivity index (χ2n) is 3.66. The maximum Gasteiger partial charge on any atom is 0.333 e. The van der Waals surface area contributed by atoms with Crippen molar-refractivity contribution in [2.75, 3.05) is 12.4 Å². The lowest BCUT2D eigenvalue weighted by molar-refractivity contribution is -0.141. The van der Waals surface area contributed by atoms with E-state index in [1.54, 1.807) is 6.92 Å². The molecule has 5 nitrogen and oxygen atoms in total. The molecule has 1 N–H and O–H groups in total. The van der Waals surface area contributed by atoms with Gasteiger partial charge < -0.3 is 10.1 Å². The van der Waals surface area contributed by atoms with E-state index in [0.717, 1.165) is 5.56 Å². The lowest BCUT2D eigenvalue weighted by Gasteiger charge is -2.15. The summed E-state index contributed by atoms with van der Waals surface area (Å²) in [5.74, 6) is 0.327. The number of esters is 1. The minimum atomic E-state index is -0.566. The summed E-state index contributed by atoms with van der Waals surface area (Å²) in [5.41, 5.74) is 0.831. The van der Waals surface area contributed by atoms with E-state index in [1.807, 2.05) is 30.3 Å². The van der Waals surface area contributed by atoms with Crippen LogP contribution in [0.15, 0.2) is 30.3 Å². The average Bonchev–Trinajstić information content (AvgIpc) is 2.82. The molecule has 0 fully saturated rings. The zero-order valence-electron chi connectivity index (χ0n) is 10.1. The van der Waals surface area contributed by atoms with Crippen LogP contribution in [-0.4, -0.2) is 22.4 Å². The number of aromatic nitrogens is 2. The maximum absolute atomic E-state index is 11.8. The van der Waals surface area contributed by atoms with Crippen molar-refractivity contribution in [3.8, 4) is 0 Å². The van der Waals surface area contributed by atoms with Crippen LogP contribution in [0.5, 0.6) is 0 Å². The van der Waals surface area contributed by atoms with E-state index in [1.165, 1.54) is 18.6 Å². The molecule has 1 aromatic carbocycles. The number of benzene rings is 1. The van der Waals surface area contributed by atoms with Crippen molar-refractivity contribution in [3.05, 3.63) is 41.7 Å². The van der Waals surface area contributed by atoms with Gasteiger partial charge in [0, 0.05) is 11.5 Å². The molecule has 0 spiro atoms. The Morgan fingerprint density at radius 2 is 2.11 bits per heavy atom. The molecule has 2 rings (SSSR count). The van der Waals surface area contributed by atoms with Gasteiger partial charge in [0.1, 0.15) is 5.82 Å². The van der Waals surface area contributed by atoms with Crippen molar-refractivity contribution in [2.45, 2.75) is 13.0 Å². The monoisotopic (exact) mass is 263 g/mol. The normalized spacial score (nSPS) is 11.9. The number of nitrogens with zero attached hydrogens (tertiary/aromatic N) is 2. The molecular formula is C12H13N3O2S. The summed E-state index contributed by atoms with van der Waals surface area (Å²) in [4.78, 5) is 16.0. The van der Waals surface area contributed by atoms with E-state index < -0.39 is 6.04 Å². The van der Waals surface area contributed by atoms with Gasteiger partial charge in [-0.2, -0.15) is 4.37 Å². The highest BCUT2D eigenvalue weighted by Gasteiger charge is 2.22. The van der Waals surface area contributed by atoms with Crippen molar-refractivity contribution in [1.82, 2.24) is 9.36 Å². The second kappa shape index (κ2) is 5.59. The molecule has 0 aliphatic rings. The van der Waals surface area contributed by atoms with Crippen molar-refractivity contribution in [1.29, 1.82) is 0 Å². The molecule has 1 heterocycles. The van der Waals surface area contributed by atoms with Crippen LogP contribution in [0.3, 0.4) is 0 Å². The van der Waals surface area contributed by atoms with Gasteiger partial charge in [0.05, 0.1) is 7.11 Å². The number of hydrogen-bond donors (Lipinski definition) is 1. The van der Waals surface area contributed by atoms with Crippen LogP contribution in [0.4, 0.5) is 5.13 Å². The minimum absolute atomic E-state index is 0.353. The van der Waals surface area contributed by atoms with Gasteiger partial charge in [0.15, 0.2) is 6.04 Å². The fraction of sp³-hybridized carbons (Fsp3) is 0.250. The van der Waals surface area contributed by atoms with Gasteiger partial charge in [-0.3, -0.25) is 0 Å². The summed E-state index contributed by atoms with van der Waals surface area (Å²) in [6.07, 6.45) is 0. The molecule has 94 valence electrons. The van der Waals surface area contributed by atoms with Gasteiger partial charge in [-0.15, -0.1) is 0 Å². The van der Waals surface area contributed by atoms with Crippen molar-refractivity contribution < 1.29 is 9.53 Å². The number of aryl methyl sites for hydroxylation is 1. The first-order valence-corrected chi connectivity index (χ1v) is 6.17. The van der Waals surface area contributed by atoms with Crippen LogP contribution in [0.2, 0.25) is 0 Å². The van der Waals surface area contributed by atoms with E-state index in [4.69, 9.17) is 4.74 Å². The topological polar surface area (TPSA) is 64.1 Å². The van der Waals surface area contributed by atoms with Gasteiger partial charge in [-0.1, -0.05) is 30.3 Å². The Bertz CT molecular complexity index is 527. The number of nitrogens with one attached hydrogen (secondary N) is 1. The van der Waals surface area contributed by atoms with Crippen molar-refractivity contribution in [3.63, 3.8) is 0 Å². The van der Waals surface area contributed by atoms with E-state index in [-0.39, 0.29) is 5.97 Å². The summed E-state index contributed by atoms with van der Waals surface area (Å²) in [5, 5.41) is 3.64. The number of rotatable bonds is 4. The SMILES string of the molecule is COC(=O)C(Nc1nc(C)ns1)c1ccccc1. The molecule has 0 saturated heterocycles. The third-order valence-corrected chi connectivity index (χ3v) is 3.10. The molecule has 0 aliphatic carbocycles. The maximum atomic E-state index is 11.8. The fourth-order valence-electron chi connectivity index (χ4n) is 1.52. The molecule has 0 radical (unpaired) electrons. The Morgan fingerprint density at radius 1 is 1.39 bits per heavy atom. The summed E-state index contributed by atoms with van der Waals surface area (Å²) in [6.45, 7) is 1.80. The third kappa shape index (κ3) is 2.84. The minimum Gasteiger partial charge on any atom is -0.467 e. The molecule has 0 saturated carbocycles. The van der Waals surface area contributed by atoms with Gasteiger partial charge >= 0.3 is 5.97 Å². The predicted octanol–water partition coefficient (Wildman–Crippen LogP) is 2.17. The molecule has 6 heteroatoms. The Hall–Kier alpha value is -1.95. The first-order chi connectivity index (χ1) is 8.70. The molecule has 0 amide bonds. The third-order valence-electron chi connectivity index (χ3n) is 2.37. The lowest BCUT2D eigenvalue weighted by atomic mass is 10.1. The molecule has 1 atom stereocenters. The van der Waals surface area contributed by atoms with Crippen LogP contribution in [0, 0.1) is 6.92 Å². The predicted molar refractivity (Wildman–Crippen MR) is 69.5 cm³/mol. The number of carbonyl (C=O) groups is 1. The number of hydrogen-bond acceptors (Lipinski definition) is 6. The van der Waals surface area contributed by atoms with Gasteiger partial charge in [0.2, 0.25) is 5.13 Å². The van der Waals surface area contributed by atoms with E-state index in [0.29, 0.717) is 11.0 Å². The van der Waals surface area contributed by atoms with Crippen molar-refractivity contribution >= 4 is 22.6 Å². The summed E-state index contributed by atoms with van der Waals surface area (Å²) in [6, 6.07) is 8.80.